The Morgan fingerprint density at radius 3 is 1.68 bits per heavy atom. The average molecular weight is 1160 g/mol. The van der Waals surface area contributed by atoms with E-state index < -0.39 is 7.26 Å². The molecule has 345 valence electrons. The standard InChI is InChI=1S/C59H55O3PS4.Os/c1-8-19-48-28-30-52(64-48)54-33-50-56(61-35-39(3)4)59-51(57(58(50)66-54)62-36-40(5)6)34-55(67-59)53-31-29-49(65-53)27-26-43(32-44-38-60-37-42(44)9-2)41(7)63(45-20-13-10-14-21-45,46-22-15-11-16-23-46)47-24-17-12-18-25-47;/h8-25,28-34,39-40,56-57H,35-38H2,1-6H3;/q+1;/b19-8+,42-9?,43-41?,44-32?;. The van der Waals surface area contributed by atoms with Crippen molar-refractivity contribution in [1.82, 2.24) is 0 Å². The minimum absolute atomic E-state index is 0.162. The molecule has 0 bridgehead atoms. The summed E-state index contributed by atoms with van der Waals surface area (Å²) < 4.78 is 23.7. The van der Waals surface area contributed by atoms with Gasteiger partial charge in [0.1, 0.15) is 0 Å². The third-order valence-corrected chi connectivity index (χ3v) is 22.1. The number of fused-ring (bicyclic) bond motifs is 2. The van der Waals surface area contributed by atoms with Crippen LogP contribution in [0.15, 0.2) is 168 Å². The normalized spacial score (nSPS) is 17.4. The molecule has 1 saturated heterocycles. The van der Waals surface area contributed by atoms with Crippen molar-refractivity contribution in [1.29, 1.82) is 0 Å². The third kappa shape index (κ3) is 10.1. The van der Waals surface area contributed by atoms with Crippen LogP contribution in [0, 0.1) is 28.0 Å². The van der Waals surface area contributed by atoms with E-state index in [0.29, 0.717) is 38.3 Å². The Kier molecular flexibility index (Phi) is 15.9. The number of hydrogen-bond acceptors (Lipinski definition) is 7. The molecule has 3 nitrogen and oxygen atoms in total. The maximum atomic E-state index is 6.92. The van der Waals surface area contributed by atoms with E-state index in [1.165, 1.54) is 66.8 Å². The van der Waals surface area contributed by atoms with E-state index in [2.05, 4.69) is 209 Å². The van der Waals surface area contributed by atoms with Crippen LogP contribution >= 0.6 is 52.6 Å². The number of allylic oxidation sites excluding steroid dienone is 5. The van der Waals surface area contributed by atoms with Crippen molar-refractivity contribution < 1.29 is 32.2 Å². The zero-order chi connectivity index (χ0) is 47.2. The summed E-state index contributed by atoms with van der Waals surface area (Å²) in [6.07, 6.45) is 8.42. The van der Waals surface area contributed by atoms with Gasteiger partial charge < -0.3 is 9.47 Å². The molecule has 2 aliphatic rings. The number of hydrogen-bond donors (Lipinski definition) is 0. The summed E-state index contributed by atoms with van der Waals surface area (Å²) in [5, 5.41) is 4.91. The van der Waals surface area contributed by atoms with Crippen molar-refractivity contribution in [2.24, 2.45) is 11.8 Å². The zero-order valence-corrected chi connectivity index (χ0v) is 45.9. The van der Waals surface area contributed by atoms with Crippen molar-refractivity contribution in [3.63, 3.8) is 0 Å². The second kappa shape index (κ2) is 22.2. The van der Waals surface area contributed by atoms with Gasteiger partial charge in [-0.25, -0.2) is 0 Å². The fourth-order valence-electron chi connectivity index (χ4n) is 8.77. The molecular weight excluding hydrogens is 1110 g/mol. The van der Waals surface area contributed by atoms with E-state index in [4.69, 9.17) is 14.2 Å². The molecule has 2 unspecified atom stereocenters. The van der Waals surface area contributed by atoms with Gasteiger partial charge in [-0.1, -0.05) is 33.8 Å². The van der Waals surface area contributed by atoms with E-state index in [0.717, 1.165) is 21.3 Å². The quantitative estimate of drug-likeness (QED) is 0.0802. The van der Waals surface area contributed by atoms with Crippen molar-refractivity contribution in [3.8, 4) is 35.7 Å². The van der Waals surface area contributed by atoms with E-state index >= 15 is 0 Å². The predicted octanol–water partition coefficient (Wildman–Crippen LogP) is 15.1. The van der Waals surface area contributed by atoms with Crippen molar-refractivity contribution in [3.05, 3.63) is 198 Å². The van der Waals surface area contributed by atoms with Gasteiger partial charge in [-0.05, 0) is 43.0 Å². The van der Waals surface area contributed by atoms with Crippen LogP contribution < -0.4 is 15.9 Å². The molecule has 9 heteroatoms. The first-order valence-electron chi connectivity index (χ1n) is 23.2. The monoisotopic (exact) mass is 1160 g/mol. The first kappa shape index (κ1) is 48.7. The molecule has 7 aromatic rings. The fourth-order valence-corrected chi connectivity index (χ4v) is 19.0. The second-order valence-electron chi connectivity index (χ2n) is 17.7. The molecular formula is C59H55O3OsPS4+. The first-order chi connectivity index (χ1) is 33.2. The Hall–Kier alpha value is -4.29. The van der Waals surface area contributed by atoms with Gasteiger partial charge in [-0.3, -0.25) is 0 Å². The summed E-state index contributed by atoms with van der Waals surface area (Å²) in [5.74, 6) is 8.32. The molecule has 9 rings (SSSR count). The number of thiophene rings is 4. The van der Waals surface area contributed by atoms with Gasteiger partial charge >= 0.3 is 286 Å². The SMILES string of the molecule is CC=C1COCC1=CC(C#Cc1ccc(-c2cc3c(s2)C(OCC(C)C)c2cc(-c4ccc(/C=C/C)s4)sc2C3OCC(C)C)s1)=C([C]#[Os])[P+](c1ccccc1)(c1ccccc1)c1ccccc1. The Morgan fingerprint density at radius 2 is 1.18 bits per heavy atom. The van der Waals surface area contributed by atoms with Crippen LogP contribution in [-0.4, -0.2) is 26.4 Å². The molecule has 0 radical (unpaired) electrons. The molecule has 0 saturated carbocycles. The summed E-state index contributed by atoms with van der Waals surface area (Å²) in [6, 6.07) is 46.6. The summed E-state index contributed by atoms with van der Waals surface area (Å²) in [4.78, 5) is 9.73. The summed E-state index contributed by atoms with van der Waals surface area (Å²) in [7, 11) is -2.50. The van der Waals surface area contributed by atoms with Crippen molar-refractivity contribution >= 4 is 74.6 Å². The second-order valence-corrected chi connectivity index (χ2v) is 26.0. The van der Waals surface area contributed by atoms with Gasteiger partial charge in [0.05, 0.1) is 13.2 Å². The van der Waals surface area contributed by atoms with Crippen LogP contribution in [0.4, 0.5) is 0 Å². The summed E-state index contributed by atoms with van der Waals surface area (Å²) >= 11 is 9.08. The summed E-state index contributed by atoms with van der Waals surface area (Å²) in [5.41, 5.74) is 5.79. The maximum absolute atomic E-state index is 6.92. The van der Waals surface area contributed by atoms with Gasteiger partial charge in [0.2, 0.25) is 0 Å². The average Bonchev–Trinajstić information content (AvgIpc) is 4.23. The number of rotatable bonds is 14. The van der Waals surface area contributed by atoms with Gasteiger partial charge in [-0.2, -0.15) is 0 Å². The van der Waals surface area contributed by atoms with Crippen LogP contribution in [-0.2, 0) is 32.2 Å². The number of ether oxygens (including phenoxy) is 3. The van der Waals surface area contributed by atoms with Crippen LogP contribution in [0.1, 0.15) is 84.4 Å². The Bertz CT molecular complexity index is 2960. The topological polar surface area (TPSA) is 27.7 Å². The number of benzene rings is 3. The Balaban J connectivity index is 1.16. The first-order valence-corrected chi connectivity index (χ1v) is 29.5. The van der Waals surface area contributed by atoms with E-state index in [9.17, 15) is 0 Å². The Labute approximate surface area is 429 Å². The molecule has 3 aromatic carbocycles. The minimum atomic E-state index is -2.50. The molecule has 1 fully saturated rings. The molecule has 5 heterocycles. The molecule has 0 spiro atoms. The van der Waals surface area contributed by atoms with E-state index in [-0.39, 0.29) is 12.2 Å². The van der Waals surface area contributed by atoms with E-state index in [1.54, 1.807) is 29.3 Å². The van der Waals surface area contributed by atoms with Gasteiger partial charge in [0, 0.05) is 25.1 Å². The van der Waals surface area contributed by atoms with Crippen LogP contribution in [0.3, 0.4) is 0 Å². The predicted molar refractivity (Wildman–Crippen MR) is 291 cm³/mol. The molecule has 0 N–H and O–H groups in total. The molecule has 0 amide bonds. The van der Waals surface area contributed by atoms with Crippen LogP contribution in [0.25, 0.3) is 25.6 Å². The van der Waals surface area contributed by atoms with Crippen LogP contribution in [0.5, 0.6) is 0 Å². The zero-order valence-electron chi connectivity index (χ0n) is 39.2. The Morgan fingerprint density at radius 1 is 0.662 bits per heavy atom. The third-order valence-electron chi connectivity index (χ3n) is 11.9. The van der Waals surface area contributed by atoms with Crippen molar-refractivity contribution in [2.75, 3.05) is 26.4 Å². The molecule has 1 aliphatic carbocycles. The van der Waals surface area contributed by atoms with Crippen molar-refractivity contribution in [2.45, 2.75) is 53.8 Å². The van der Waals surface area contributed by atoms with Gasteiger partial charge in [0.25, 0.3) is 0 Å². The van der Waals surface area contributed by atoms with Gasteiger partial charge in [0.15, 0.2) is 0 Å². The van der Waals surface area contributed by atoms with E-state index in [1.807, 2.05) is 34.0 Å². The fraction of sp³-hybridized carbons (Fsp3) is 0.237. The summed E-state index contributed by atoms with van der Waals surface area (Å²) in [6.45, 7) is 15.6. The molecule has 4 aromatic heterocycles. The molecule has 2 atom stereocenters. The van der Waals surface area contributed by atoms with Crippen LogP contribution in [0.2, 0.25) is 0 Å². The van der Waals surface area contributed by atoms with Gasteiger partial charge in [-0.15, -0.1) is 22.7 Å². The molecule has 68 heavy (non-hydrogen) atoms. The molecule has 1 aliphatic heterocycles.